The molecule has 4 N–H and O–H groups in total. The van der Waals surface area contributed by atoms with E-state index in [0.717, 1.165) is 27.7 Å². The molecule has 0 atom stereocenters. The van der Waals surface area contributed by atoms with Gasteiger partial charge in [-0.3, -0.25) is 10.7 Å². The van der Waals surface area contributed by atoms with Crippen LogP contribution in [0.3, 0.4) is 0 Å². The highest BCUT2D eigenvalue weighted by Crippen LogP contribution is 2.27. The molecule has 0 saturated heterocycles. The lowest BCUT2D eigenvalue weighted by atomic mass is 10.0. The minimum atomic E-state index is -0.180. The number of fused-ring (bicyclic) bond motifs is 1. The minimum Gasteiger partial charge on any atom is -0.370 e. The first-order valence-electron chi connectivity index (χ1n) is 6.58. The molecule has 3 rings (SSSR count). The van der Waals surface area contributed by atoms with E-state index in [-0.39, 0.29) is 5.96 Å². The third-order valence-electron chi connectivity index (χ3n) is 3.14. The Morgan fingerprint density at radius 2 is 1.90 bits per heavy atom. The maximum Gasteiger partial charge on any atom is 0.230 e. The SMILES string of the molecule is Cc1cccc(-c2nc(NC(=N)N)nc3ccccc23)c1. The van der Waals surface area contributed by atoms with Gasteiger partial charge in [-0.2, -0.15) is 0 Å². The van der Waals surface area contributed by atoms with Gasteiger partial charge in [0, 0.05) is 10.9 Å². The van der Waals surface area contributed by atoms with Gasteiger partial charge in [0.05, 0.1) is 11.2 Å². The van der Waals surface area contributed by atoms with Crippen LogP contribution in [0.5, 0.6) is 0 Å². The van der Waals surface area contributed by atoms with Gasteiger partial charge in [0.1, 0.15) is 0 Å². The van der Waals surface area contributed by atoms with Crippen molar-refractivity contribution in [3.8, 4) is 11.3 Å². The molecule has 0 radical (unpaired) electrons. The number of hydrogen-bond acceptors (Lipinski definition) is 3. The van der Waals surface area contributed by atoms with Crippen LogP contribution in [-0.4, -0.2) is 15.9 Å². The summed E-state index contributed by atoms with van der Waals surface area (Å²) in [5.74, 6) is 0.151. The molecular formula is C16H15N5. The average Bonchev–Trinajstić information content (AvgIpc) is 2.46. The number of nitrogens with two attached hydrogens (primary N) is 1. The molecule has 2 aromatic carbocycles. The van der Waals surface area contributed by atoms with Gasteiger partial charge in [-0.25, -0.2) is 9.97 Å². The highest BCUT2D eigenvalue weighted by molar-refractivity contribution is 5.95. The summed E-state index contributed by atoms with van der Waals surface area (Å²) in [6.45, 7) is 2.04. The molecule has 0 aliphatic carbocycles. The predicted octanol–water partition coefficient (Wildman–Crippen LogP) is 2.91. The molecule has 5 nitrogen and oxygen atoms in total. The lowest BCUT2D eigenvalue weighted by Crippen LogP contribution is -2.22. The molecule has 21 heavy (non-hydrogen) atoms. The molecule has 0 unspecified atom stereocenters. The van der Waals surface area contributed by atoms with Crippen molar-refractivity contribution in [3.63, 3.8) is 0 Å². The highest BCUT2D eigenvalue weighted by Gasteiger charge is 2.10. The molecule has 0 saturated carbocycles. The minimum absolute atomic E-state index is 0.180. The lowest BCUT2D eigenvalue weighted by molar-refractivity contribution is 1.21. The second-order valence-electron chi connectivity index (χ2n) is 4.82. The van der Waals surface area contributed by atoms with E-state index >= 15 is 0 Å². The molecule has 0 spiro atoms. The van der Waals surface area contributed by atoms with Gasteiger partial charge in [0.2, 0.25) is 5.95 Å². The van der Waals surface area contributed by atoms with Gasteiger partial charge in [0.15, 0.2) is 5.96 Å². The summed E-state index contributed by atoms with van der Waals surface area (Å²) in [6, 6.07) is 15.9. The smallest absolute Gasteiger partial charge is 0.230 e. The fourth-order valence-corrected chi connectivity index (χ4v) is 2.27. The number of benzene rings is 2. The number of aryl methyl sites for hydroxylation is 1. The zero-order chi connectivity index (χ0) is 14.8. The molecule has 0 bridgehead atoms. The highest BCUT2D eigenvalue weighted by atomic mass is 15.2. The fraction of sp³-hybridized carbons (Fsp3) is 0.0625. The summed E-state index contributed by atoms with van der Waals surface area (Å²) >= 11 is 0. The Kier molecular flexibility index (Phi) is 3.23. The van der Waals surface area contributed by atoms with Gasteiger partial charge in [-0.05, 0) is 19.1 Å². The van der Waals surface area contributed by atoms with Crippen LogP contribution < -0.4 is 11.1 Å². The van der Waals surface area contributed by atoms with Crippen LogP contribution in [0, 0.1) is 12.3 Å². The number of nitrogens with one attached hydrogen (secondary N) is 2. The third kappa shape index (κ3) is 2.67. The first-order valence-corrected chi connectivity index (χ1v) is 6.58. The lowest BCUT2D eigenvalue weighted by Gasteiger charge is -2.10. The van der Waals surface area contributed by atoms with Crippen molar-refractivity contribution in [1.82, 2.24) is 9.97 Å². The van der Waals surface area contributed by atoms with Gasteiger partial charge >= 0.3 is 0 Å². The summed E-state index contributed by atoms with van der Waals surface area (Å²) in [5, 5.41) is 11.0. The quantitative estimate of drug-likeness (QED) is 0.496. The van der Waals surface area contributed by atoms with Crippen LogP contribution in [0.2, 0.25) is 0 Å². The van der Waals surface area contributed by atoms with Crippen LogP contribution >= 0.6 is 0 Å². The van der Waals surface area contributed by atoms with Gasteiger partial charge in [-0.15, -0.1) is 0 Å². The fourth-order valence-electron chi connectivity index (χ4n) is 2.27. The molecule has 1 heterocycles. The number of nitrogens with zero attached hydrogens (tertiary/aromatic N) is 2. The topological polar surface area (TPSA) is 87.7 Å². The summed E-state index contributed by atoms with van der Waals surface area (Å²) in [7, 11) is 0. The Morgan fingerprint density at radius 1 is 1.10 bits per heavy atom. The van der Waals surface area contributed by atoms with E-state index in [1.807, 2.05) is 49.4 Å². The van der Waals surface area contributed by atoms with Crippen LogP contribution in [0.4, 0.5) is 5.95 Å². The predicted molar refractivity (Wildman–Crippen MR) is 85.2 cm³/mol. The molecule has 0 amide bonds. The van der Waals surface area contributed by atoms with Gasteiger partial charge in [0.25, 0.3) is 0 Å². The van der Waals surface area contributed by atoms with Crippen molar-refractivity contribution in [2.24, 2.45) is 5.73 Å². The van der Waals surface area contributed by atoms with E-state index in [1.165, 1.54) is 0 Å². The summed E-state index contributed by atoms with van der Waals surface area (Å²) < 4.78 is 0. The van der Waals surface area contributed by atoms with E-state index in [9.17, 15) is 0 Å². The van der Waals surface area contributed by atoms with Crippen LogP contribution in [-0.2, 0) is 0 Å². The van der Waals surface area contributed by atoms with E-state index in [2.05, 4.69) is 21.4 Å². The molecule has 0 aliphatic rings. The first-order chi connectivity index (χ1) is 10.1. The number of anilines is 1. The van der Waals surface area contributed by atoms with E-state index in [0.29, 0.717) is 5.95 Å². The molecule has 104 valence electrons. The van der Waals surface area contributed by atoms with Crippen molar-refractivity contribution in [2.75, 3.05) is 5.32 Å². The number of hydrogen-bond donors (Lipinski definition) is 3. The standard InChI is InChI=1S/C16H15N5/c1-10-5-4-6-11(9-10)14-12-7-2-3-8-13(12)19-16(20-14)21-15(17)18/h2-9H,1H3,(H4,17,18,19,20,21). The molecular weight excluding hydrogens is 262 g/mol. The van der Waals surface area contributed by atoms with Crippen LogP contribution in [0.1, 0.15) is 5.56 Å². The summed E-state index contributed by atoms with van der Waals surface area (Å²) in [4.78, 5) is 8.89. The van der Waals surface area contributed by atoms with E-state index < -0.39 is 0 Å². The number of aromatic nitrogens is 2. The van der Waals surface area contributed by atoms with E-state index in [4.69, 9.17) is 11.1 Å². The Hall–Kier alpha value is -2.95. The number of para-hydroxylation sites is 1. The first kappa shape index (κ1) is 13.1. The Morgan fingerprint density at radius 3 is 2.67 bits per heavy atom. The Balaban J connectivity index is 2.26. The van der Waals surface area contributed by atoms with Crippen molar-refractivity contribution < 1.29 is 0 Å². The molecule has 0 fully saturated rings. The third-order valence-corrected chi connectivity index (χ3v) is 3.14. The normalized spacial score (nSPS) is 10.5. The second-order valence-corrected chi connectivity index (χ2v) is 4.82. The molecule has 3 aromatic rings. The molecule has 0 aliphatic heterocycles. The maximum absolute atomic E-state index is 7.34. The van der Waals surface area contributed by atoms with Crippen molar-refractivity contribution >= 4 is 22.8 Å². The Bertz CT molecular complexity index is 826. The van der Waals surface area contributed by atoms with Crippen LogP contribution in [0.15, 0.2) is 48.5 Å². The van der Waals surface area contributed by atoms with Gasteiger partial charge in [-0.1, -0.05) is 42.0 Å². The zero-order valence-corrected chi connectivity index (χ0v) is 11.6. The second kappa shape index (κ2) is 5.20. The summed E-state index contributed by atoms with van der Waals surface area (Å²) in [6.07, 6.45) is 0. The monoisotopic (exact) mass is 277 g/mol. The maximum atomic E-state index is 7.34. The Labute approximate surface area is 122 Å². The average molecular weight is 277 g/mol. The van der Waals surface area contributed by atoms with Gasteiger partial charge < -0.3 is 5.73 Å². The van der Waals surface area contributed by atoms with Crippen molar-refractivity contribution in [3.05, 3.63) is 54.1 Å². The zero-order valence-electron chi connectivity index (χ0n) is 11.6. The van der Waals surface area contributed by atoms with Crippen molar-refractivity contribution in [2.45, 2.75) is 6.92 Å². The molecule has 5 heteroatoms. The van der Waals surface area contributed by atoms with E-state index in [1.54, 1.807) is 0 Å². The largest absolute Gasteiger partial charge is 0.370 e. The summed E-state index contributed by atoms with van der Waals surface area (Å²) in [5.41, 5.74) is 9.19. The molecule has 1 aromatic heterocycles. The number of guanidine groups is 1. The number of rotatable bonds is 2. The van der Waals surface area contributed by atoms with Crippen LogP contribution in [0.25, 0.3) is 22.2 Å². The van der Waals surface area contributed by atoms with Crippen molar-refractivity contribution in [1.29, 1.82) is 5.41 Å².